The summed E-state index contributed by atoms with van der Waals surface area (Å²) >= 11 is 5.90. The van der Waals surface area contributed by atoms with Crippen LogP contribution in [0.3, 0.4) is 0 Å². The number of halogens is 1. The molecule has 158 valence electrons. The molecule has 9 nitrogen and oxygen atoms in total. The number of benzene rings is 2. The van der Waals surface area contributed by atoms with Crippen LogP contribution in [0.5, 0.6) is 0 Å². The summed E-state index contributed by atoms with van der Waals surface area (Å²) in [4.78, 5) is 35.4. The smallest absolute Gasteiger partial charge is 0.319 e. The van der Waals surface area contributed by atoms with E-state index in [2.05, 4.69) is 16.0 Å². The molecule has 0 bridgehead atoms. The van der Waals surface area contributed by atoms with E-state index in [1.807, 2.05) is 0 Å². The first-order valence-electron chi connectivity index (χ1n) is 9.00. The van der Waals surface area contributed by atoms with Crippen LogP contribution in [0.2, 0.25) is 5.02 Å². The van der Waals surface area contributed by atoms with Crippen molar-refractivity contribution in [3.05, 3.63) is 64.7 Å². The van der Waals surface area contributed by atoms with Crippen LogP contribution in [0.15, 0.2) is 48.5 Å². The van der Waals surface area contributed by atoms with E-state index in [4.69, 9.17) is 27.9 Å². The predicted octanol–water partition coefficient (Wildman–Crippen LogP) is 2.12. The Hall–Kier alpha value is -3.59. The van der Waals surface area contributed by atoms with Gasteiger partial charge in [-0.3, -0.25) is 15.0 Å². The van der Waals surface area contributed by atoms with Gasteiger partial charge in [0.15, 0.2) is 0 Å². The number of amides is 3. The number of carbonyl (C=O) groups excluding carboxylic acids is 2. The van der Waals surface area contributed by atoms with Gasteiger partial charge in [-0.25, -0.2) is 4.79 Å². The van der Waals surface area contributed by atoms with Crippen LogP contribution in [-0.2, 0) is 9.59 Å². The second kappa shape index (κ2) is 10.8. The highest BCUT2D eigenvalue weighted by molar-refractivity contribution is 6.30. The maximum Gasteiger partial charge on any atom is 0.319 e. The van der Waals surface area contributed by atoms with Crippen LogP contribution in [0.4, 0.5) is 10.5 Å². The summed E-state index contributed by atoms with van der Waals surface area (Å²) in [7, 11) is 0. The van der Waals surface area contributed by atoms with Crippen molar-refractivity contribution in [3.8, 4) is 0 Å². The summed E-state index contributed by atoms with van der Waals surface area (Å²) in [6.07, 6.45) is -0.205. The van der Waals surface area contributed by atoms with Crippen molar-refractivity contribution in [2.45, 2.75) is 12.3 Å². The van der Waals surface area contributed by atoms with Crippen LogP contribution in [0.1, 0.15) is 23.5 Å². The van der Waals surface area contributed by atoms with Crippen LogP contribution in [0.25, 0.3) is 0 Å². The molecule has 0 aliphatic carbocycles. The van der Waals surface area contributed by atoms with Crippen LogP contribution in [-0.4, -0.2) is 41.9 Å². The fourth-order valence-corrected chi connectivity index (χ4v) is 2.70. The van der Waals surface area contributed by atoms with E-state index < -0.39 is 23.8 Å². The van der Waals surface area contributed by atoms with Crippen molar-refractivity contribution < 1.29 is 19.5 Å². The Morgan fingerprint density at radius 1 is 1.03 bits per heavy atom. The number of anilines is 1. The zero-order valence-corrected chi connectivity index (χ0v) is 16.7. The standard InChI is InChI=1S/C20H22ClN5O4/c21-14-5-1-12(2-6-14)16(19(29)24-10-9-17(27)28)11-25-20(30)26-15-7-3-13(4-8-15)18(22)23/h1-8,16H,9-11H2,(H3,22,23)(H,24,29)(H,27,28)(H2,25,26,30). The number of carboxylic acids is 1. The Morgan fingerprint density at radius 2 is 1.67 bits per heavy atom. The Morgan fingerprint density at radius 3 is 2.23 bits per heavy atom. The molecule has 2 aromatic carbocycles. The second-order valence-corrected chi connectivity index (χ2v) is 6.80. The fraction of sp³-hybridized carbons (Fsp3) is 0.200. The molecule has 0 aliphatic rings. The largest absolute Gasteiger partial charge is 0.481 e. The fourth-order valence-electron chi connectivity index (χ4n) is 2.58. The lowest BCUT2D eigenvalue weighted by atomic mass is 9.98. The molecule has 0 fully saturated rings. The van der Waals surface area contributed by atoms with Gasteiger partial charge in [0.05, 0.1) is 12.3 Å². The van der Waals surface area contributed by atoms with Gasteiger partial charge in [0, 0.05) is 29.4 Å². The maximum atomic E-state index is 12.5. The molecule has 1 unspecified atom stereocenters. The molecular formula is C20H22ClN5O4. The number of carbonyl (C=O) groups is 3. The van der Waals surface area contributed by atoms with Crippen molar-refractivity contribution in [1.82, 2.24) is 10.6 Å². The zero-order chi connectivity index (χ0) is 22.1. The lowest BCUT2D eigenvalue weighted by Gasteiger charge is -2.18. The number of carboxylic acid groups (broad SMARTS) is 1. The number of nitrogen functional groups attached to an aromatic ring is 1. The predicted molar refractivity (Wildman–Crippen MR) is 114 cm³/mol. The lowest BCUT2D eigenvalue weighted by molar-refractivity contribution is -0.136. The molecule has 0 spiro atoms. The normalized spacial score (nSPS) is 11.2. The molecule has 0 saturated heterocycles. The molecule has 7 N–H and O–H groups in total. The monoisotopic (exact) mass is 431 g/mol. The van der Waals surface area contributed by atoms with E-state index in [-0.39, 0.29) is 25.3 Å². The van der Waals surface area contributed by atoms with E-state index in [9.17, 15) is 14.4 Å². The molecule has 0 aliphatic heterocycles. The molecular weight excluding hydrogens is 410 g/mol. The Labute approximate surface area is 178 Å². The average Bonchev–Trinajstić information content (AvgIpc) is 2.69. The van der Waals surface area contributed by atoms with Gasteiger partial charge in [-0.2, -0.15) is 0 Å². The van der Waals surface area contributed by atoms with Gasteiger partial charge in [0.1, 0.15) is 5.84 Å². The van der Waals surface area contributed by atoms with E-state index in [1.165, 1.54) is 0 Å². The minimum Gasteiger partial charge on any atom is -0.481 e. The van der Waals surface area contributed by atoms with Crippen LogP contribution < -0.4 is 21.7 Å². The molecule has 3 amide bonds. The first kappa shape index (κ1) is 22.7. The summed E-state index contributed by atoms with van der Waals surface area (Å²) in [5.74, 6) is -2.25. The first-order valence-corrected chi connectivity index (χ1v) is 9.38. The molecule has 10 heteroatoms. The highest BCUT2D eigenvalue weighted by atomic mass is 35.5. The number of amidine groups is 1. The highest BCUT2D eigenvalue weighted by Gasteiger charge is 2.21. The maximum absolute atomic E-state index is 12.5. The number of nitrogens with two attached hydrogens (primary N) is 1. The zero-order valence-electron chi connectivity index (χ0n) is 15.9. The third kappa shape index (κ3) is 7.10. The topological polar surface area (TPSA) is 157 Å². The van der Waals surface area contributed by atoms with Crippen molar-refractivity contribution >= 4 is 41.0 Å². The number of hydrogen-bond donors (Lipinski definition) is 6. The molecule has 0 saturated carbocycles. The van der Waals surface area contributed by atoms with Gasteiger partial charge in [-0.1, -0.05) is 23.7 Å². The molecule has 2 rings (SSSR count). The highest BCUT2D eigenvalue weighted by Crippen LogP contribution is 2.19. The average molecular weight is 432 g/mol. The third-order valence-electron chi connectivity index (χ3n) is 4.15. The summed E-state index contributed by atoms with van der Waals surface area (Å²) in [5.41, 5.74) is 7.04. The number of urea groups is 1. The van der Waals surface area contributed by atoms with E-state index in [1.54, 1.807) is 48.5 Å². The minimum atomic E-state index is -1.02. The Bertz CT molecular complexity index is 916. The Balaban J connectivity index is 2.00. The summed E-state index contributed by atoms with van der Waals surface area (Å²) in [6, 6.07) is 12.5. The molecule has 0 heterocycles. The number of nitrogens with one attached hydrogen (secondary N) is 4. The second-order valence-electron chi connectivity index (χ2n) is 6.36. The number of rotatable bonds is 9. The van der Waals surface area contributed by atoms with Crippen molar-refractivity contribution in [2.75, 3.05) is 18.4 Å². The van der Waals surface area contributed by atoms with Crippen molar-refractivity contribution in [2.24, 2.45) is 5.73 Å². The molecule has 30 heavy (non-hydrogen) atoms. The van der Waals surface area contributed by atoms with Crippen molar-refractivity contribution in [1.29, 1.82) is 5.41 Å². The van der Waals surface area contributed by atoms with Gasteiger partial charge in [-0.15, -0.1) is 0 Å². The first-order chi connectivity index (χ1) is 14.3. The molecule has 0 radical (unpaired) electrons. The van der Waals surface area contributed by atoms with E-state index >= 15 is 0 Å². The SMILES string of the molecule is N=C(N)c1ccc(NC(=O)NCC(C(=O)NCCC(=O)O)c2ccc(Cl)cc2)cc1. The van der Waals surface area contributed by atoms with Gasteiger partial charge >= 0.3 is 12.0 Å². The quantitative estimate of drug-likeness (QED) is 0.265. The van der Waals surface area contributed by atoms with E-state index in [0.29, 0.717) is 21.8 Å². The van der Waals surface area contributed by atoms with Gasteiger partial charge in [0.2, 0.25) is 5.91 Å². The third-order valence-corrected chi connectivity index (χ3v) is 4.40. The lowest BCUT2D eigenvalue weighted by Crippen LogP contribution is -2.39. The number of hydrogen-bond acceptors (Lipinski definition) is 4. The molecule has 1 atom stereocenters. The van der Waals surface area contributed by atoms with Gasteiger partial charge in [0.25, 0.3) is 0 Å². The summed E-state index contributed by atoms with van der Waals surface area (Å²) in [6.45, 7) is -0.0369. The van der Waals surface area contributed by atoms with E-state index in [0.717, 1.165) is 0 Å². The minimum absolute atomic E-state index is 0.0160. The van der Waals surface area contributed by atoms with Gasteiger partial charge < -0.3 is 26.8 Å². The number of aliphatic carboxylic acids is 1. The molecule has 0 aromatic heterocycles. The van der Waals surface area contributed by atoms with Gasteiger partial charge in [-0.05, 0) is 42.0 Å². The van der Waals surface area contributed by atoms with Crippen molar-refractivity contribution in [3.63, 3.8) is 0 Å². The summed E-state index contributed by atoms with van der Waals surface area (Å²) in [5, 5.41) is 24.4. The van der Waals surface area contributed by atoms with Crippen LogP contribution in [0, 0.1) is 5.41 Å². The molecule has 2 aromatic rings. The van der Waals surface area contributed by atoms with Crippen LogP contribution >= 0.6 is 11.6 Å². The Kier molecular flexibility index (Phi) is 8.18. The summed E-state index contributed by atoms with van der Waals surface area (Å²) < 4.78 is 0.